The van der Waals surface area contributed by atoms with Crippen molar-refractivity contribution >= 4 is 21.7 Å². The van der Waals surface area contributed by atoms with Gasteiger partial charge >= 0.3 is 0 Å². The fourth-order valence-electron chi connectivity index (χ4n) is 1.81. The van der Waals surface area contributed by atoms with Crippen molar-refractivity contribution in [3.05, 3.63) is 51.6 Å². The summed E-state index contributed by atoms with van der Waals surface area (Å²) in [5.74, 6) is 0.834. The first-order valence-corrected chi connectivity index (χ1v) is 6.69. The van der Waals surface area contributed by atoms with E-state index in [1.165, 1.54) is 6.07 Å². The molecule has 102 valence electrons. The zero-order valence-electron chi connectivity index (χ0n) is 11.1. The molecular formula is C14H12BrFN4. The summed E-state index contributed by atoms with van der Waals surface area (Å²) in [4.78, 5) is 10.0. The lowest BCUT2D eigenvalue weighted by Gasteiger charge is -2.19. The molecule has 1 aromatic heterocycles. The van der Waals surface area contributed by atoms with Crippen LogP contribution in [0.5, 0.6) is 0 Å². The number of aryl methyl sites for hydroxylation is 1. The van der Waals surface area contributed by atoms with Gasteiger partial charge < -0.3 is 4.90 Å². The lowest BCUT2D eigenvalue weighted by molar-refractivity contribution is 0.607. The van der Waals surface area contributed by atoms with Crippen LogP contribution in [0, 0.1) is 24.1 Å². The Kier molecular flexibility index (Phi) is 4.30. The summed E-state index contributed by atoms with van der Waals surface area (Å²) < 4.78 is 14.6. The number of benzene rings is 1. The van der Waals surface area contributed by atoms with Gasteiger partial charge in [0.15, 0.2) is 0 Å². The molecule has 0 aliphatic carbocycles. The van der Waals surface area contributed by atoms with Crippen molar-refractivity contribution in [3.8, 4) is 6.07 Å². The van der Waals surface area contributed by atoms with Crippen molar-refractivity contribution in [2.75, 3.05) is 11.9 Å². The molecule has 1 aromatic carbocycles. The first-order chi connectivity index (χ1) is 9.49. The quantitative estimate of drug-likeness (QED) is 0.864. The summed E-state index contributed by atoms with van der Waals surface area (Å²) in [6.07, 6.45) is 0. The maximum atomic E-state index is 13.7. The van der Waals surface area contributed by atoms with Crippen LogP contribution < -0.4 is 4.90 Å². The third-order valence-electron chi connectivity index (χ3n) is 2.75. The smallest absolute Gasteiger partial charge is 0.146 e. The average Bonchev–Trinajstić information content (AvgIpc) is 2.42. The van der Waals surface area contributed by atoms with Crippen LogP contribution in [0.1, 0.15) is 17.1 Å². The monoisotopic (exact) mass is 334 g/mol. The Labute approximate surface area is 125 Å². The van der Waals surface area contributed by atoms with Gasteiger partial charge in [0.05, 0.1) is 0 Å². The van der Waals surface area contributed by atoms with E-state index in [0.29, 0.717) is 29.4 Å². The van der Waals surface area contributed by atoms with E-state index in [9.17, 15) is 4.39 Å². The topological polar surface area (TPSA) is 52.8 Å². The SMILES string of the molecule is Cc1nc(C#N)cc(N(C)Cc2cc(Br)ccc2F)n1. The molecule has 2 rings (SSSR count). The lowest BCUT2D eigenvalue weighted by Crippen LogP contribution is -2.19. The Morgan fingerprint density at radius 2 is 2.10 bits per heavy atom. The zero-order valence-corrected chi connectivity index (χ0v) is 12.6. The second-order valence-electron chi connectivity index (χ2n) is 4.36. The summed E-state index contributed by atoms with van der Waals surface area (Å²) in [6, 6.07) is 8.37. The molecule has 0 unspecified atom stereocenters. The van der Waals surface area contributed by atoms with Gasteiger partial charge in [-0.25, -0.2) is 14.4 Å². The van der Waals surface area contributed by atoms with E-state index in [4.69, 9.17) is 5.26 Å². The molecule has 1 heterocycles. The number of anilines is 1. The van der Waals surface area contributed by atoms with Gasteiger partial charge in [-0.1, -0.05) is 15.9 Å². The first-order valence-electron chi connectivity index (χ1n) is 5.90. The van der Waals surface area contributed by atoms with Crippen molar-refractivity contribution in [1.82, 2.24) is 9.97 Å². The van der Waals surface area contributed by atoms with Gasteiger partial charge in [-0.05, 0) is 25.1 Å². The van der Waals surface area contributed by atoms with E-state index in [2.05, 4.69) is 25.9 Å². The van der Waals surface area contributed by atoms with Gasteiger partial charge in [-0.15, -0.1) is 0 Å². The molecule has 0 N–H and O–H groups in total. The highest BCUT2D eigenvalue weighted by Crippen LogP contribution is 2.19. The van der Waals surface area contributed by atoms with Crippen LogP contribution in [0.4, 0.5) is 10.2 Å². The molecule has 0 amide bonds. The number of rotatable bonds is 3. The molecular weight excluding hydrogens is 323 g/mol. The minimum absolute atomic E-state index is 0.272. The second kappa shape index (κ2) is 5.97. The molecule has 0 aliphatic heterocycles. The van der Waals surface area contributed by atoms with Gasteiger partial charge in [0.1, 0.15) is 29.2 Å². The third kappa shape index (κ3) is 3.31. The fraction of sp³-hybridized carbons (Fsp3) is 0.214. The normalized spacial score (nSPS) is 10.2. The van der Waals surface area contributed by atoms with E-state index in [1.54, 1.807) is 37.1 Å². The fourth-order valence-corrected chi connectivity index (χ4v) is 2.21. The molecule has 0 bridgehead atoms. The van der Waals surface area contributed by atoms with E-state index in [1.807, 2.05) is 6.07 Å². The summed E-state index contributed by atoms with van der Waals surface area (Å²) in [7, 11) is 1.79. The van der Waals surface area contributed by atoms with E-state index < -0.39 is 0 Å². The summed E-state index contributed by atoms with van der Waals surface area (Å²) in [5, 5.41) is 8.91. The second-order valence-corrected chi connectivity index (χ2v) is 5.28. The Morgan fingerprint density at radius 3 is 2.80 bits per heavy atom. The van der Waals surface area contributed by atoms with E-state index in [0.717, 1.165) is 4.47 Å². The Bertz CT molecular complexity index is 681. The van der Waals surface area contributed by atoms with Crippen molar-refractivity contribution in [2.45, 2.75) is 13.5 Å². The van der Waals surface area contributed by atoms with Crippen molar-refractivity contribution in [2.24, 2.45) is 0 Å². The molecule has 0 aliphatic rings. The van der Waals surface area contributed by atoms with Crippen LogP contribution in [-0.2, 0) is 6.54 Å². The van der Waals surface area contributed by atoms with Crippen LogP contribution in [0.3, 0.4) is 0 Å². The van der Waals surface area contributed by atoms with Crippen LogP contribution in [0.2, 0.25) is 0 Å². The third-order valence-corrected chi connectivity index (χ3v) is 3.24. The minimum atomic E-state index is -0.272. The van der Waals surface area contributed by atoms with Crippen LogP contribution in [0.25, 0.3) is 0 Å². The predicted molar refractivity (Wildman–Crippen MR) is 77.7 cm³/mol. The first kappa shape index (κ1) is 14.4. The molecule has 0 fully saturated rings. The maximum Gasteiger partial charge on any atom is 0.146 e. The molecule has 6 heteroatoms. The molecule has 0 saturated carbocycles. The molecule has 4 nitrogen and oxygen atoms in total. The summed E-state index contributed by atoms with van der Waals surface area (Å²) >= 11 is 3.32. The lowest BCUT2D eigenvalue weighted by atomic mass is 10.2. The van der Waals surface area contributed by atoms with Gasteiger partial charge in [-0.2, -0.15) is 5.26 Å². The maximum absolute atomic E-state index is 13.7. The number of halogens is 2. The molecule has 20 heavy (non-hydrogen) atoms. The molecule has 0 saturated heterocycles. The number of hydrogen-bond acceptors (Lipinski definition) is 4. The standard InChI is InChI=1S/C14H12BrFN4/c1-9-18-12(7-17)6-14(19-9)20(2)8-10-5-11(15)3-4-13(10)16/h3-6H,8H2,1-2H3. The zero-order chi connectivity index (χ0) is 14.7. The van der Waals surface area contributed by atoms with E-state index in [-0.39, 0.29) is 5.82 Å². The number of aromatic nitrogens is 2. The van der Waals surface area contributed by atoms with Gasteiger partial charge in [0.25, 0.3) is 0 Å². The Hall–Kier alpha value is -2.00. The number of nitrogens with zero attached hydrogens (tertiary/aromatic N) is 4. The number of hydrogen-bond donors (Lipinski definition) is 0. The molecule has 0 spiro atoms. The van der Waals surface area contributed by atoms with Crippen LogP contribution in [0.15, 0.2) is 28.7 Å². The van der Waals surface area contributed by atoms with Crippen LogP contribution in [-0.4, -0.2) is 17.0 Å². The van der Waals surface area contributed by atoms with Gasteiger partial charge in [0, 0.05) is 29.7 Å². The summed E-state index contributed by atoms with van der Waals surface area (Å²) in [5.41, 5.74) is 0.853. The van der Waals surface area contributed by atoms with Gasteiger partial charge in [0.2, 0.25) is 0 Å². The van der Waals surface area contributed by atoms with Crippen molar-refractivity contribution in [1.29, 1.82) is 5.26 Å². The predicted octanol–water partition coefficient (Wildman–Crippen LogP) is 3.19. The van der Waals surface area contributed by atoms with Crippen molar-refractivity contribution in [3.63, 3.8) is 0 Å². The average molecular weight is 335 g/mol. The highest BCUT2D eigenvalue weighted by molar-refractivity contribution is 9.10. The highest BCUT2D eigenvalue weighted by Gasteiger charge is 2.10. The van der Waals surface area contributed by atoms with Crippen molar-refractivity contribution < 1.29 is 4.39 Å². The Morgan fingerprint density at radius 1 is 1.35 bits per heavy atom. The van der Waals surface area contributed by atoms with Gasteiger partial charge in [-0.3, -0.25) is 0 Å². The largest absolute Gasteiger partial charge is 0.355 e. The minimum Gasteiger partial charge on any atom is -0.355 e. The molecule has 2 aromatic rings. The van der Waals surface area contributed by atoms with E-state index >= 15 is 0 Å². The highest BCUT2D eigenvalue weighted by atomic mass is 79.9. The molecule has 0 atom stereocenters. The molecule has 0 radical (unpaired) electrons. The summed E-state index contributed by atoms with van der Waals surface area (Å²) in [6.45, 7) is 2.07. The van der Waals surface area contributed by atoms with Crippen LogP contribution >= 0.6 is 15.9 Å². The Balaban J connectivity index is 2.28. The number of nitriles is 1.